The molecule has 12 unspecified atom stereocenters. The minimum absolute atomic E-state index is 0.246. The molecule has 2 aliphatic rings. The fraction of sp³-hybridized carbons (Fsp3) is 0.819. The zero-order chi connectivity index (χ0) is 62.3. The smallest absolute Gasteiger partial charge is 0.220 e. The number of unbranched alkanes of at least 4 members (excludes halogenated alkanes) is 32. The van der Waals surface area contributed by atoms with E-state index in [-0.39, 0.29) is 18.9 Å². The third-order valence-electron chi connectivity index (χ3n) is 16.9. The fourth-order valence-electron chi connectivity index (χ4n) is 11.4. The van der Waals surface area contributed by atoms with E-state index >= 15 is 0 Å². The maximum atomic E-state index is 13.3. The summed E-state index contributed by atoms with van der Waals surface area (Å²) in [6, 6.07) is -0.858. The Morgan fingerprint density at radius 2 is 0.802 bits per heavy atom. The Labute approximate surface area is 523 Å². The number of ether oxygens (including phenoxy) is 4. The van der Waals surface area contributed by atoms with Crippen LogP contribution in [0.3, 0.4) is 0 Å². The second-order valence-corrected chi connectivity index (χ2v) is 24.6. The summed E-state index contributed by atoms with van der Waals surface area (Å²) in [5, 5.41) is 87.6. The SMILES string of the molecule is CC/C=C\C/C=C\C/C=C\C/C=C\C/C=C\C/C=C\CCCCC(=O)NC(COC1OC(CO)C(OC2OC(CO)C(O)C(O)C2O)C(O)C1O)C(O)CCCCCCCCCCCCCCCCCCCCCCCCCCCCCCCCC. The molecular formula is C72H129NO13. The van der Waals surface area contributed by atoms with Gasteiger partial charge in [-0.1, -0.05) is 286 Å². The van der Waals surface area contributed by atoms with Crippen molar-refractivity contribution in [3.8, 4) is 0 Å². The van der Waals surface area contributed by atoms with Gasteiger partial charge in [0.25, 0.3) is 0 Å². The third kappa shape index (κ3) is 40.2. The maximum Gasteiger partial charge on any atom is 0.220 e. The molecule has 0 saturated carbocycles. The van der Waals surface area contributed by atoms with E-state index in [0.29, 0.717) is 12.8 Å². The predicted molar refractivity (Wildman–Crippen MR) is 350 cm³/mol. The van der Waals surface area contributed by atoms with Crippen molar-refractivity contribution < 1.29 is 64.6 Å². The highest BCUT2D eigenvalue weighted by atomic mass is 16.7. The Hall–Kier alpha value is -2.57. The fourth-order valence-corrected chi connectivity index (χ4v) is 11.4. The normalized spacial score (nSPS) is 23.8. The summed E-state index contributed by atoms with van der Waals surface area (Å²) < 4.78 is 22.9. The minimum Gasteiger partial charge on any atom is -0.394 e. The van der Waals surface area contributed by atoms with Gasteiger partial charge in [0.05, 0.1) is 32.0 Å². The number of hydrogen-bond donors (Lipinski definition) is 9. The Kier molecular flexibility index (Phi) is 52.2. The van der Waals surface area contributed by atoms with Crippen LogP contribution in [0.2, 0.25) is 0 Å². The van der Waals surface area contributed by atoms with Gasteiger partial charge < -0.3 is 65.1 Å². The molecule has 500 valence electrons. The van der Waals surface area contributed by atoms with Crippen molar-refractivity contribution in [3.05, 3.63) is 72.9 Å². The lowest BCUT2D eigenvalue weighted by Crippen LogP contribution is -2.65. The summed E-state index contributed by atoms with van der Waals surface area (Å²) in [7, 11) is 0. The molecular weight excluding hydrogens is 1090 g/mol. The van der Waals surface area contributed by atoms with Gasteiger partial charge in [-0.15, -0.1) is 0 Å². The van der Waals surface area contributed by atoms with Crippen molar-refractivity contribution in [2.24, 2.45) is 0 Å². The second-order valence-electron chi connectivity index (χ2n) is 24.6. The van der Waals surface area contributed by atoms with E-state index < -0.39 is 86.8 Å². The topological polar surface area (TPSA) is 228 Å². The van der Waals surface area contributed by atoms with Crippen LogP contribution in [-0.4, -0.2) is 140 Å². The average molecular weight is 1220 g/mol. The highest BCUT2D eigenvalue weighted by molar-refractivity contribution is 5.76. The van der Waals surface area contributed by atoms with E-state index in [9.17, 15) is 45.6 Å². The quantitative estimate of drug-likeness (QED) is 0.0204. The zero-order valence-electron chi connectivity index (χ0n) is 54.3. The summed E-state index contributed by atoms with van der Waals surface area (Å²) in [6.07, 6.45) is 59.3. The lowest BCUT2D eigenvalue weighted by Gasteiger charge is -2.46. The summed E-state index contributed by atoms with van der Waals surface area (Å²) >= 11 is 0. The Balaban J connectivity index is 1.67. The van der Waals surface area contributed by atoms with Crippen LogP contribution in [0.25, 0.3) is 0 Å². The standard InChI is InChI=1S/C72H129NO13/c1-3-5-7-9-11-13-15-17-19-21-23-25-26-27-28-29-30-31-32-33-34-36-37-39-41-43-45-47-49-51-53-55-61(76)60(59-83-71-69(82)67(80)70(63(58-75)85-71)86-72-68(81)66(79)65(78)62(57-74)84-72)73-64(77)56-54-52-50-48-46-44-42-40-38-35-24-22-20-18-16-14-12-10-8-6-4-2/h6,8,12,14,18,20,24,35,40,42,46,48,60-63,65-72,74-76,78-82H,3-5,7,9-11,13,15-17,19,21-23,25-34,36-39,41,43-45,47,49-59H2,1-2H3,(H,73,77)/b8-6-,14-12-,20-18-,35-24-,42-40-,48-46-. The first kappa shape index (κ1) is 79.5. The summed E-state index contributed by atoms with van der Waals surface area (Å²) in [5.41, 5.74) is 0. The molecule has 12 atom stereocenters. The lowest BCUT2D eigenvalue weighted by molar-refractivity contribution is -0.359. The van der Waals surface area contributed by atoms with Crippen molar-refractivity contribution in [2.45, 2.75) is 357 Å². The van der Waals surface area contributed by atoms with Crippen LogP contribution >= 0.6 is 0 Å². The number of rotatable bonds is 57. The zero-order valence-corrected chi connectivity index (χ0v) is 54.3. The van der Waals surface area contributed by atoms with Crippen molar-refractivity contribution in [1.82, 2.24) is 5.32 Å². The Bertz CT molecular complexity index is 1720. The molecule has 9 N–H and O–H groups in total. The average Bonchev–Trinajstić information content (AvgIpc) is 2.54. The third-order valence-corrected chi connectivity index (χ3v) is 16.9. The molecule has 0 bridgehead atoms. The highest BCUT2D eigenvalue weighted by Gasteiger charge is 2.51. The number of aliphatic hydroxyl groups excluding tert-OH is 8. The number of allylic oxidation sites excluding steroid dienone is 12. The van der Waals surface area contributed by atoms with Gasteiger partial charge in [0, 0.05) is 6.42 Å². The van der Waals surface area contributed by atoms with E-state index in [2.05, 4.69) is 92.1 Å². The first-order chi connectivity index (χ1) is 42.1. The number of nitrogens with one attached hydrogen (secondary N) is 1. The van der Waals surface area contributed by atoms with E-state index in [1.54, 1.807) is 0 Å². The van der Waals surface area contributed by atoms with Crippen LogP contribution in [0.5, 0.6) is 0 Å². The van der Waals surface area contributed by atoms with Crippen molar-refractivity contribution >= 4 is 5.91 Å². The van der Waals surface area contributed by atoms with Crippen LogP contribution in [0.4, 0.5) is 0 Å². The minimum atomic E-state index is -1.79. The van der Waals surface area contributed by atoms with Gasteiger partial charge in [-0.2, -0.15) is 0 Å². The summed E-state index contributed by atoms with van der Waals surface area (Å²) in [4.78, 5) is 13.3. The molecule has 1 amide bonds. The van der Waals surface area contributed by atoms with Crippen molar-refractivity contribution in [3.63, 3.8) is 0 Å². The predicted octanol–water partition coefficient (Wildman–Crippen LogP) is 14.2. The van der Waals surface area contributed by atoms with Crippen LogP contribution in [-0.2, 0) is 23.7 Å². The van der Waals surface area contributed by atoms with E-state index in [1.807, 2.05) is 0 Å². The van der Waals surface area contributed by atoms with E-state index in [0.717, 1.165) is 77.0 Å². The van der Waals surface area contributed by atoms with Crippen LogP contribution in [0.15, 0.2) is 72.9 Å². The number of aliphatic hydroxyl groups is 8. The molecule has 2 saturated heterocycles. The molecule has 0 aromatic carbocycles. The number of hydrogen-bond acceptors (Lipinski definition) is 13. The molecule has 2 rings (SSSR count). The molecule has 0 radical (unpaired) electrons. The largest absolute Gasteiger partial charge is 0.394 e. The van der Waals surface area contributed by atoms with Gasteiger partial charge in [-0.25, -0.2) is 0 Å². The maximum absolute atomic E-state index is 13.3. The monoisotopic (exact) mass is 1220 g/mol. The van der Waals surface area contributed by atoms with Gasteiger partial charge in [0.1, 0.15) is 48.8 Å². The van der Waals surface area contributed by atoms with Crippen LogP contribution in [0, 0.1) is 0 Å². The van der Waals surface area contributed by atoms with E-state index in [1.165, 1.54) is 173 Å². The highest BCUT2D eigenvalue weighted by Crippen LogP contribution is 2.30. The van der Waals surface area contributed by atoms with Gasteiger partial charge in [-0.05, 0) is 64.2 Å². The summed E-state index contributed by atoms with van der Waals surface area (Å²) in [5.74, 6) is -0.248. The molecule has 0 spiro atoms. The van der Waals surface area contributed by atoms with Crippen LogP contribution in [0.1, 0.15) is 284 Å². The molecule has 0 aliphatic carbocycles. The summed E-state index contributed by atoms with van der Waals surface area (Å²) in [6.45, 7) is 2.75. The number of carbonyl (C=O) groups excluding carboxylic acids is 1. The number of amides is 1. The molecule has 2 aliphatic heterocycles. The van der Waals surface area contributed by atoms with E-state index in [4.69, 9.17) is 18.9 Å². The second kappa shape index (κ2) is 56.4. The first-order valence-corrected chi connectivity index (χ1v) is 35.2. The van der Waals surface area contributed by atoms with Crippen molar-refractivity contribution in [1.29, 1.82) is 0 Å². The Morgan fingerprint density at radius 1 is 0.430 bits per heavy atom. The molecule has 0 aromatic heterocycles. The van der Waals surface area contributed by atoms with Gasteiger partial charge >= 0.3 is 0 Å². The van der Waals surface area contributed by atoms with Crippen LogP contribution < -0.4 is 5.32 Å². The first-order valence-electron chi connectivity index (χ1n) is 35.2. The molecule has 2 heterocycles. The Morgan fingerprint density at radius 3 is 1.21 bits per heavy atom. The van der Waals surface area contributed by atoms with Gasteiger partial charge in [0.2, 0.25) is 5.91 Å². The molecule has 14 heteroatoms. The number of carbonyl (C=O) groups is 1. The molecule has 14 nitrogen and oxygen atoms in total. The molecule has 86 heavy (non-hydrogen) atoms. The lowest BCUT2D eigenvalue weighted by atomic mass is 9.97. The molecule has 0 aromatic rings. The molecule has 2 fully saturated rings. The van der Waals surface area contributed by atoms with Crippen molar-refractivity contribution in [2.75, 3.05) is 19.8 Å². The van der Waals surface area contributed by atoms with Gasteiger partial charge in [-0.3, -0.25) is 4.79 Å². The van der Waals surface area contributed by atoms with Gasteiger partial charge in [0.15, 0.2) is 12.6 Å².